The lowest BCUT2D eigenvalue weighted by molar-refractivity contribution is 0.0589. The van der Waals surface area contributed by atoms with Gasteiger partial charge in [0, 0.05) is 12.6 Å². The average molecular weight is 404 g/mol. The molecule has 2 aromatic heterocycles. The summed E-state index contributed by atoms with van der Waals surface area (Å²) in [5.74, 6) is -0.291. The number of esters is 1. The zero-order chi connectivity index (χ0) is 19.0. The Morgan fingerprint density at radius 2 is 2.07 bits per heavy atom. The number of rotatable bonds is 4. The molecule has 1 aliphatic heterocycles. The zero-order valence-corrected chi connectivity index (χ0v) is 16.0. The number of methoxy groups -OCH3 is 1. The van der Waals surface area contributed by atoms with Crippen molar-refractivity contribution in [3.05, 3.63) is 53.7 Å². The fourth-order valence-corrected chi connectivity index (χ4v) is 5.95. The smallest absolute Gasteiger partial charge is 0.360 e. The van der Waals surface area contributed by atoms with Crippen molar-refractivity contribution < 1.29 is 22.5 Å². The summed E-state index contributed by atoms with van der Waals surface area (Å²) >= 11 is 1.08. The second-order valence-corrected chi connectivity index (χ2v) is 9.17. The number of benzene rings is 1. The van der Waals surface area contributed by atoms with Crippen LogP contribution >= 0.6 is 11.3 Å². The van der Waals surface area contributed by atoms with Gasteiger partial charge in [0.15, 0.2) is 11.5 Å². The van der Waals surface area contributed by atoms with Crippen LogP contribution in [0.1, 0.15) is 22.5 Å². The topological polar surface area (TPSA) is 89.7 Å². The number of aryl methyl sites for hydroxylation is 1. The van der Waals surface area contributed by atoms with Gasteiger partial charge in [-0.05, 0) is 36.6 Å². The first-order valence-corrected chi connectivity index (χ1v) is 10.5. The lowest BCUT2D eigenvalue weighted by Crippen LogP contribution is -2.35. The standard InChI is InChI=1S/C18H16N2O5S2/c1-24-18(21)13-11-15(25-19-13)16-8-9-17(26-16)27(22,23)20-10-4-6-12-5-2-3-7-14(12)20/h2-3,5,7-9,11H,4,6,10H2,1H3. The van der Waals surface area contributed by atoms with Crippen LogP contribution in [0.5, 0.6) is 0 Å². The third kappa shape index (κ3) is 3.13. The summed E-state index contributed by atoms with van der Waals surface area (Å²) in [6.45, 7) is 0.446. The number of ether oxygens (including phenoxy) is 1. The Labute approximate surface area is 160 Å². The van der Waals surface area contributed by atoms with Crippen molar-refractivity contribution in [1.82, 2.24) is 5.16 Å². The third-order valence-electron chi connectivity index (χ3n) is 4.34. The monoisotopic (exact) mass is 404 g/mol. The van der Waals surface area contributed by atoms with Gasteiger partial charge in [-0.1, -0.05) is 23.4 Å². The highest BCUT2D eigenvalue weighted by atomic mass is 32.2. The maximum Gasteiger partial charge on any atom is 0.360 e. The van der Waals surface area contributed by atoms with Gasteiger partial charge in [-0.25, -0.2) is 13.2 Å². The minimum Gasteiger partial charge on any atom is -0.464 e. The predicted octanol–water partition coefficient (Wildman–Crippen LogP) is 3.33. The Balaban J connectivity index is 1.67. The average Bonchev–Trinajstić information content (AvgIpc) is 3.36. The molecule has 4 rings (SSSR count). The second kappa shape index (κ2) is 6.82. The predicted molar refractivity (Wildman–Crippen MR) is 100 cm³/mol. The number of para-hydroxylation sites is 1. The van der Waals surface area contributed by atoms with Gasteiger partial charge in [0.25, 0.3) is 10.0 Å². The molecule has 9 heteroatoms. The number of anilines is 1. The highest BCUT2D eigenvalue weighted by Gasteiger charge is 2.30. The lowest BCUT2D eigenvalue weighted by Gasteiger charge is -2.29. The van der Waals surface area contributed by atoms with Crippen molar-refractivity contribution in [2.45, 2.75) is 17.1 Å². The lowest BCUT2D eigenvalue weighted by atomic mass is 10.0. The van der Waals surface area contributed by atoms with E-state index >= 15 is 0 Å². The zero-order valence-electron chi connectivity index (χ0n) is 14.4. The molecule has 0 saturated heterocycles. The van der Waals surface area contributed by atoms with Gasteiger partial charge >= 0.3 is 5.97 Å². The number of carbonyl (C=O) groups excluding carboxylic acids is 1. The Kier molecular flexibility index (Phi) is 4.48. The van der Waals surface area contributed by atoms with E-state index in [0.29, 0.717) is 17.2 Å². The van der Waals surface area contributed by atoms with Crippen molar-refractivity contribution in [3.63, 3.8) is 0 Å². The van der Waals surface area contributed by atoms with Gasteiger partial charge in [-0.3, -0.25) is 4.31 Å². The summed E-state index contributed by atoms with van der Waals surface area (Å²) in [4.78, 5) is 12.1. The fourth-order valence-electron chi connectivity index (χ4n) is 3.04. The van der Waals surface area contributed by atoms with Gasteiger partial charge < -0.3 is 9.26 Å². The molecular formula is C18H16N2O5S2. The summed E-state index contributed by atoms with van der Waals surface area (Å²) in [6.07, 6.45) is 1.64. The molecule has 1 aromatic carbocycles. The molecule has 0 atom stereocenters. The van der Waals surface area contributed by atoms with Crippen LogP contribution < -0.4 is 4.31 Å². The maximum absolute atomic E-state index is 13.2. The van der Waals surface area contributed by atoms with Gasteiger partial charge in [-0.2, -0.15) is 0 Å². The minimum atomic E-state index is -3.68. The Bertz CT molecular complexity index is 1100. The molecule has 0 fully saturated rings. The van der Waals surface area contributed by atoms with Crippen molar-refractivity contribution in [2.24, 2.45) is 0 Å². The number of hydrogen-bond acceptors (Lipinski definition) is 7. The molecule has 3 aromatic rings. The number of thiophene rings is 1. The van der Waals surface area contributed by atoms with Gasteiger partial charge in [0.05, 0.1) is 17.7 Å². The summed E-state index contributed by atoms with van der Waals surface area (Å²) < 4.78 is 37.8. The molecule has 0 unspecified atom stereocenters. The van der Waals surface area contributed by atoms with Crippen LogP contribution in [0.4, 0.5) is 5.69 Å². The van der Waals surface area contributed by atoms with Crippen molar-refractivity contribution in [1.29, 1.82) is 0 Å². The fraction of sp³-hybridized carbons (Fsp3) is 0.222. The first-order chi connectivity index (χ1) is 13.0. The number of carbonyl (C=O) groups is 1. The van der Waals surface area contributed by atoms with E-state index in [1.807, 2.05) is 24.3 Å². The van der Waals surface area contributed by atoms with Crippen LogP contribution in [0, 0.1) is 0 Å². The van der Waals surface area contributed by atoms with Crippen LogP contribution in [0.2, 0.25) is 0 Å². The largest absolute Gasteiger partial charge is 0.464 e. The minimum absolute atomic E-state index is 0.0373. The van der Waals surface area contributed by atoms with Crippen LogP contribution in [0.25, 0.3) is 10.6 Å². The van der Waals surface area contributed by atoms with Crippen LogP contribution in [0.3, 0.4) is 0 Å². The maximum atomic E-state index is 13.2. The molecule has 0 aliphatic carbocycles. The van der Waals surface area contributed by atoms with E-state index in [2.05, 4.69) is 9.89 Å². The molecule has 7 nitrogen and oxygen atoms in total. The molecule has 27 heavy (non-hydrogen) atoms. The molecule has 0 spiro atoms. The van der Waals surface area contributed by atoms with E-state index in [-0.39, 0.29) is 9.90 Å². The van der Waals surface area contributed by atoms with Crippen molar-refractivity contribution >= 4 is 33.0 Å². The van der Waals surface area contributed by atoms with Crippen LogP contribution in [0.15, 0.2) is 51.2 Å². The second-order valence-electron chi connectivity index (χ2n) is 6.00. The number of hydrogen-bond donors (Lipinski definition) is 0. The molecular weight excluding hydrogens is 388 g/mol. The molecule has 0 saturated carbocycles. The normalized spacial score (nSPS) is 14.0. The van der Waals surface area contributed by atoms with E-state index in [4.69, 9.17) is 4.52 Å². The van der Waals surface area contributed by atoms with Gasteiger partial charge in [0.2, 0.25) is 0 Å². The van der Waals surface area contributed by atoms with Crippen LogP contribution in [-0.4, -0.2) is 33.2 Å². The summed E-state index contributed by atoms with van der Waals surface area (Å²) in [5.41, 5.74) is 1.80. The van der Waals surface area contributed by atoms with Gasteiger partial charge in [-0.15, -0.1) is 11.3 Å². The van der Waals surface area contributed by atoms with E-state index in [0.717, 1.165) is 35.4 Å². The molecule has 140 valence electrons. The first-order valence-electron chi connectivity index (χ1n) is 8.26. The molecule has 0 radical (unpaired) electrons. The number of nitrogens with zero attached hydrogens (tertiary/aromatic N) is 2. The molecule has 3 heterocycles. The highest BCUT2D eigenvalue weighted by Crippen LogP contribution is 2.36. The SMILES string of the molecule is COC(=O)c1cc(-c2ccc(S(=O)(=O)N3CCCc4ccccc43)s2)on1. The number of sulfonamides is 1. The van der Waals surface area contributed by atoms with E-state index < -0.39 is 16.0 Å². The highest BCUT2D eigenvalue weighted by molar-refractivity contribution is 7.94. The van der Waals surface area contributed by atoms with E-state index in [9.17, 15) is 13.2 Å². The molecule has 1 aliphatic rings. The number of aromatic nitrogens is 1. The van der Waals surface area contributed by atoms with Gasteiger partial charge in [0.1, 0.15) is 4.21 Å². The first kappa shape index (κ1) is 17.7. The van der Waals surface area contributed by atoms with Crippen molar-refractivity contribution in [2.75, 3.05) is 18.0 Å². The third-order valence-corrected chi connectivity index (χ3v) is 7.72. The molecule has 0 bridgehead atoms. The summed E-state index contributed by atoms with van der Waals surface area (Å²) in [6, 6.07) is 12.2. The van der Waals surface area contributed by atoms with Crippen molar-refractivity contribution in [3.8, 4) is 10.6 Å². The number of fused-ring (bicyclic) bond motifs is 1. The van der Waals surface area contributed by atoms with E-state index in [1.54, 1.807) is 12.1 Å². The summed E-state index contributed by atoms with van der Waals surface area (Å²) in [7, 11) is -2.43. The molecule has 0 amide bonds. The Hall–Kier alpha value is -2.65. The molecule has 0 N–H and O–H groups in total. The Morgan fingerprint density at radius 3 is 2.89 bits per heavy atom. The van der Waals surface area contributed by atoms with Crippen LogP contribution in [-0.2, 0) is 21.2 Å². The van der Waals surface area contributed by atoms with E-state index in [1.165, 1.54) is 17.5 Å². The Morgan fingerprint density at radius 1 is 1.26 bits per heavy atom. The quantitative estimate of drug-likeness (QED) is 0.620. The summed E-state index contributed by atoms with van der Waals surface area (Å²) in [5, 5.41) is 3.65.